The summed E-state index contributed by atoms with van der Waals surface area (Å²) in [6, 6.07) is 6.28. The SMILES string of the molecule is COCCCCC(=O)c1cc(F)cc(N2CCc3nc(-c4ncccn4)ncc3C2C)c1. The van der Waals surface area contributed by atoms with Crippen molar-refractivity contribution in [2.45, 2.75) is 38.6 Å². The lowest BCUT2D eigenvalue weighted by atomic mass is 9.97. The Kier molecular flexibility index (Phi) is 6.80. The van der Waals surface area contributed by atoms with Gasteiger partial charge >= 0.3 is 0 Å². The third kappa shape index (κ3) is 4.80. The van der Waals surface area contributed by atoms with Crippen molar-refractivity contribution in [2.24, 2.45) is 0 Å². The van der Waals surface area contributed by atoms with Gasteiger partial charge < -0.3 is 9.64 Å². The number of ketones is 1. The molecule has 0 saturated carbocycles. The van der Waals surface area contributed by atoms with E-state index in [0.29, 0.717) is 48.9 Å². The van der Waals surface area contributed by atoms with E-state index < -0.39 is 5.82 Å². The van der Waals surface area contributed by atoms with E-state index in [4.69, 9.17) is 4.74 Å². The standard InChI is InChI=1S/C24H26FN5O2/c1-16-20-15-28-24(23-26-8-5-9-27-23)29-21(20)7-10-30(16)19-13-17(12-18(25)14-19)22(31)6-3-4-11-32-2/h5,8-9,12-16H,3-4,6-7,10-11H2,1-2H3. The van der Waals surface area contributed by atoms with Gasteiger partial charge in [0.2, 0.25) is 0 Å². The maximum atomic E-state index is 14.4. The number of carbonyl (C=O) groups excluding carboxylic acids is 1. The second kappa shape index (κ2) is 9.91. The van der Waals surface area contributed by atoms with E-state index in [-0.39, 0.29) is 11.8 Å². The minimum absolute atomic E-state index is 0.0530. The van der Waals surface area contributed by atoms with E-state index in [9.17, 15) is 9.18 Å². The Morgan fingerprint density at radius 1 is 1.16 bits per heavy atom. The zero-order valence-electron chi connectivity index (χ0n) is 18.3. The number of hydrogen-bond acceptors (Lipinski definition) is 7. The van der Waals surface area contributed by atoms with Gasteiger partial charge in [-0.15, -0.1) is 0 Å². The van der Waals surface area contributed by atoms with Crippen molar-refractivity contribution in [3.05, 3.63) is 65.5 Å². The van der Waals surface area contributed by atoms with Crippen molar-refractivity contribution in [3.63, 3.8) is 0 Å². The zero-order valence-corrected chi connectivity index (χ0v) is 18.3. The molecule has 1 atom stereocenters. The molecule has 1 aromatic carbocycles. The molecule has 0 N–H and O–H groups in total. The van der Waals surface area contributed by atoms with Crippen LogP contribution in [0.4, 0.5) is 10.1 Å². The lowest BCUT2D eigenvalue weighted by Gasteiger charge is -2.36. The van der Waals surface area contributed by atoms with Crippen LogP contribution >= 0.6 is 0 Å². The summed E-state index contributed by atoms with van der Waals surface area (Å²) in [5.74, 6) is 0.526. The van der Waals surface area contributed by atoms with E-state index in [1.54, 1.807) is 37.8 Å². The van der Waals surface area contributed by atoms with Gasteiger partial charge in [0, 0.05) is 68.5 Å². The van der Waals surface area contributed by atoms with Gasteiger partial charge in [0.05, 0.1) is 11.7 Å². The molecular weight excluding hydrogens is 409 g/mol. The van der Waals surface area contributed by atoms with Crippen LogP contribution in [0.1, 0.15) is 53.8 Å². The van der Waals surface area contributed by atoms with Crippen LogP contribution in [0.5, 0.6) is 0 Å². The summed E-state index contributed by atoms with van der Waals surface area (Å²) in [7, 11) is 1.64. The Morgan fingerprint density at radius 2 is 1.97 bits per heavy atom. The van der Waals surface area contributed by atoms with Crippen LogP contribution in [0, 0.1) is 5.82 Å². The molecule has 7 nitrogen and oxygen atoms in total. The van der Waals surface area contributed by atoms with Crippen LogP contribution in [-0.4, -0.2) is 46.0 Å². The largest absolute Gasteiger partial charge is 0.385 e. The van der Waals surface area contributed by atoms with Gasteiger partial charge in [-0.05, 0) is 44.0 Å². The van der Waals surface area contributed by atoms with Gasteiger partial charge in [-0.3, -0.25) is 4.79 Å². The van der Waals surface area contributed by atoms with Crippen molar-refractivity contribution in [2.75, 3.05) is 25.2 Å². The lowest BCUT2D eigenvalue weighted by Crippen LogP contribution is -2.35. The number of anilines is 1. The topological polar surface area (TPSA) is 81.1 Å². The second-order valence-corrected chi connectivity index (χ2v) is 7.86. The highest BCUT2D eigenvalue weighted by atomic mass is 19.1. The van der Waals surface area contributed by atoms with E-state index in [1.165, 1.54) is 12.1 Å². The molecule has 2 aromatic heterocycles. The summed E-state index contributed by atoms with van der Waals surface area (Å²) in [6.45, 7) is 3.31. The first-order chi connectivity index (χ1) is 15.6. The number of aromatic nitrogens is 4. The molecule has 32 heavy (non-hydrogen) atoms. The van der Waals surface area contributed by atoms with Crippen LogP contribution < -0.4 is 4.90 Å². The minimum atomic E-state index is -0.409. The van der Waals surface area contributed by atoms with E-state index in [1.807, 2.05) is 6.92 Å². The predicted octanol–water partition coefficient (Wildman–Crippen LogP) is 4.20. The highest BCUT2D eigenvalue weighted by molar-refractivity contribution is 5.97. The molecule has 1 aliphatic heterocycles. The average molecular weight is 436 g/mol. The van der Waals surface area contributed by atoms with Crippen LogP contribution in [0.2, 0.25) is 0 Å². The van der Waals surface area contributed by atoms with Crippen molar-refractivity contribution < 1.29 is 13.9 Å². The van der Waals surface area contributed by atoms with Crippen molar-refractivity contribution in [1.82, 2.24) is 19.9 Å². The summed E-state index contributed by atoms with van der Waals surface area (Å²) in [4.78, 5) is 32.2. The molecule has 0 saturated heterocycles. The number of ether oxygens (including phenoxy) is 1. The number of rotatable bonds is 8. The summed E-state index contributed by atoms with van der Waals surface area (Å²) in [5, 5.41) is 0. The summed E-state index contributed by atoms with van der Waals surface area (Å²) < 4.78 is 19.4. The molecule has 0 amide bonds. The number of fused-ring (bicyclic) bond motifs is 1. The van der Waals surface area contributed by atoms with E-state index >= 15 is 0 Å². The highest BCUT2D eigenvalue weighted by Crippen LogP contribution is 2.34. The summed E-state index contributed by atoms with van der Waals surface area (Å²) >= 11 is 0. The number of benzene rings is 1. The molecule has 166 valence electrons. The number of methoxy groups -OCH3 is 1. The van der Waals surface area contributed by atoms with Crippen LogP contribution in [-0.2, 0) is 11.2 Å². The maximum absolute atomic E-state index is 14.4. The Hall–Kier alpha value is -3.26. The van der Waals surface area contributed by atoms with Crippen molar-refractivity contribution in [3.8, 4) is 11.6 Å². The molecule has 1 unspecified atom stereocenters. The van der Waals surface area contributed by atoms with E-state index in [0.717, 1.165) is 24.1 Å². The molecule has 8 heteroatoms. The van der Waals surface area contributed by atoms with Crippen LogP contribution in [0.25, 0.3) is 11.6 Å². The smallest absolute Gasteiger partial charge is 0.197 e. The fraction of sp³-hybridized carbons (Fsp3) is 0.375. The Morgan fingerprint density at radius 3 is 2.75 bits per heavy atom. The molecule has 0 fully saturated rings. The highest BCUT2D eigenvalue weighted by Gasteiger charge is 2.27. The third-order valence-corrected chi connectivity index (χ3v) is 5.71. The third-order valence-electron chi connectivity index (χ3n) is 5.71. The van der Waals surface area contributed by atoms with Crippen LogP contribution in [0.3, 0.4) is 0 Å². The van der Waals surface area contributed by atoms with Gasteiger partial charge in [-0.2, -0.15) is 0 Å². The van der Waals surface area contributed by atoms with Gasteiger partial charge in [-0.1, -0.05) is 0 Å². The average Bonchev–Trinajstić information content (AvgIpc) is 2.82. The molecule has 0 bridgehead atoms. The van der Waals surface area contributed by atoms with Gasteiger partial charge in [0.1, 0.15) is 5.82 Å². The molecule has 0 radical (unpaired) electrons. The Labute approximate surface area is 186 Å². The van der Waals surface area contributed by atoms with Crippen molar-refractivity contribution in [1.29, 1.82) is 0 Å². The Balaban J connectivity index is 1.54. The predicted molar refractivity (Wildman–Crippen MR) is 119 cm³/mol. The number of unbranched alkanes of at least 4 members (excludes halogenated alkanes) is 1. The summed E-state index contributed by atoms with van der Waals surface area (Å²) in [5.41, 5.74) is 3.02. The van der Waals surface area contributed by atoms with E-state index in [2.05, 4.69) is 24.8 Å². The maximum Gasteiger partial charge on any atom is 0.197 e. The van der Waals surface area contributed by atoms with Gasteiger partial charge in [0.15, 0.2) is 17.4 Å². The van der Waals surface area contributed by atoms with Crippen molar-refractivity contribution >= 4 is 11.5 Å². The molecule has 3 aromatic rings. The fourth-order valence-electron chi connectivity index (χ4n) is 4.02. The number of nitrogens with zero attached hydrogens (tertiary/aromatic N) is 5. The molecule has 0 spiro atoms. The fourth-order valence-corrected chi connectivity index (χ4v) is 4.02. The zero-order chi connectivity index (χ0) is 22.5. The molecule has 1 aliphatic rings. The number of halogens is 1. The quantitative estimate of drug-likeness (QED) is 0.387. The minimum Gasteiger partial charge on any atom is -0.385 e. The lowest BCUT2D eigenvalue weighted by molar-refractivity contribution is 0.0974. The van der Waals surface area contributed by atoms with Gasteiger partial charge in [-0.25, -0.2) is 24.3 Å². The molecule has 3 heterocycles. The molecule has 4 rings (SSSR count). The first kappa shape index (κ1) is 22.0. The Bertz CT molecular complexity index is 1090. The first-order valence-electron chi connectivity index (χ1n) is 10.8. The van der Waals surface area contributed by atoms with Crippen LogP contribution in [0.15, 0.2) is 42.9 Å². The van der Waals surface area contributed by atoms with Gasteiger partial charge in [0.25, 0.3) is 0 Å². The molecular formula is C24H26FN5O2. The second-order valence-electron chi connectivity index (χ2n) is 7.86. The monoisotopic (exact) mass is 435 g/mol. The number of hydrogen-bond donors (Lipinski definition) is 0. The summed E-state index contributed by atoms with van der Waals surface area (Å²) in [6.07, 6.45) is 7.71. The normalized spacial score (nSPS) is 15.5. The number of Topliss-reactive ketones (excluding diaryl/α,β-unsaturated/α-hetero) is 1. The first-order valence-corrected chi connectivity index (χ1v) is 10.8. The molecule has 0 aliphatic carbocycles. The number of carbonyl (C=O) groups is 1.